The third-order valence-corrected chi connectivity index (χ3v) is 1.51. The highest BCUT2D eigenvalue weighted by atomic mass is 32.3. The van der Waals surface area contributed by atoms with Crippen LogP contribution in [0.1, 0.15) is 0 Å². The standard InChI is InChI=1S/C2H6BO8S2/c4-12(5,6)10-1-3-2-11-13(7,8)9/h1-2H2,(H,4,5,6)(H,7,8,9)/p-2. The van der Waals surface area contributed by atoms with Gasteiger partial charge in [-0.25, -0.2) is 16.8 Å². The first-order valence-electron chi connectivity index (χ1n) is 2.73. The molecule has 11 heteroatoms. The van der Waals surface area contributed by atoms with E-state index in [0.717, 1.165) is 7.28 Å². The van der Waals surface area contributed by atoms with Gasteiger partial charge in [0.05, 0.1) is 0 Å². The van der Waals surface area contributed by atoms with Crippen molar-refractivity contribution < 1.29 is 34.3 Å². The second-order valence-electron chi connectivity index (χ2n) is 1.67. The van der Waals surface area contributed by atoms with Crippen molar-refractivity contribution in [1.82, 2.24) is 0 Å². The maximum absolute atomic E-state index is 9.77. The third kappa shape index (κ3) is 11.8. The summed E-state index contributed by atoms with van der Waals surface area (Å²) in [6, 6.07) is 0. The first kappa shape index (κ1) is 12.8. The van der Waals surface area contributed by atoms with Crippen molar-refractivity contribution in [3.05, 3.63) is 0 Å². The summed E-state index contributed by atoms with van der Waals surface area (Å²) >= 11 is 0. The molecule has 0 spiro atoms. The molecule has 0 aliphatic rings. The van der Waals surface area contributed by atoms with Gasteiger partial charge in [0.15, 0.2) is 7.28 Å². The van der Waals surface area contributed by atoms with Crippen LogP contribution >= 0.6 is 0 Å². The zero-order valence-electron chi connectivity index (χ0n) is 6.07. The molecule has 0 N–H and O–H groups in total. The first-order valence-corrected chi connectivity index (χ1v) is 5.39. The van der Waals surface area contributed by atoms with Crippen molar-refractivity contribution in [3.8, 4) is 0 Å². The molecule has 0 rings (SSSR count). The molecule has 0 aliphatic carbocycles. The fraction of sp³-hybridized carbons (Fsp3) is 1.00. The summed E-state index contributed by atoms with van der Waals surface area (Å²) in [6.07, 6.45) is 0. The summed E-state index contributed by atoms with van der Waals surface area (Å²) in [5, 5.41) is 0. The van der Waals surface area contributed by atoms with Crippen LogP contribution in [0.25, 0.3) is 0 Å². The average molecular weight is 231 g/mol. The summed E-state index contributed by atoms with van der Waals surface area (Å²) in [6.45, 7) is -1.30. The molecule has 0 aromatic rings. The first-order chi connectivity index (χ1) is 5.71. The zero-order valence-corrected chi connectivity index (χ0v) is 7.71. The van der Waals surface area contributed by atoms with Gasteiger partial charge in [-0.2, -0.15) is 0 Å². The predicted octanol–water partition coefficient (Wildman–Crippen LogP) is -2.44. The van der Waals surface area contributed by atoms with E-state index in [9.17, 15) is 25.9 Å². The Kier molecular flexibility index (Phi) is 4.81. The molecule has 1 radical (unpaired) electrons. The van der Waals surface area contributed by atoms with Crippen LogP contribution in [0.4, 0.5) is 0 Å². The van der Waals surface area contributed by atoms with Gasteiger partial charge in [-0.15, -0.1) is 0 Å². The molecule has 77 valence electrons. The molecule has 0 atom stereocenters. The highest BCUT2D eigenvalue weighted by molar-refractivity contribution is 7.81. The molecule has 0 unspecified atom stereocenters. The lowest BCUT2D eigenvalue weighted by molar-refractivity contribution is 0.285. The van der Waals surface area contributed by atoms with Crippen LogP contribution in [0.5, 0.6) is 0 Å². The van der Waals surface area contributed by atoms with Crippen molar-refractivity contribution in [2.75, 3.05) is 13.0 Å². The molecule has 8 nitrogen and oxygen atoms in total. The minimum atomic E-state index is -4.80. The van der Waals surface area contributed by atoms with E-state index in [2.05, 4.69) is 8.37 Å². The van der Waals surface area contributed by atoms with Gasteiger partial charge in [0.1, 0.15) is 0 Å². The van der Waals surface area contributed by atoms with Crippen LogP contribution in [-0.4, -0.2) is 46.2 Å². The Morgan fingerprint density at radius 1 is 0.923 bits per heavy atom. The van der Waals surface area contributed by atoms with Crippen molar-refractivity contribution in [2.24, 2.45) is 0 Å². The molecule has 0 bridgehead atoms. The highest BCUT2D eigenvalue weighted by Crippen LogP contribution is 1.86. The molecule has 0 aromatic carbocycles. The molecular weight excluding hydrogens is 227 g/mol. The smallest absolute Gasteiger partial charge is 0.216 e. The maximum Gasteiger partial charge on any atom is 0.216 e. The number of hydrogen-bond acceptors (Lipinski definition) is 8. The van der Waals surface area contributed by atoms with Gasteiger partial charge in [0.2, 0.25) is 20.8 Å². The van der Waals surface area contributed by atoms with Gasteiger partial charge >= 0.3 is 0 Å². The quantitative estimate of drug-likeness (QED) is 0.213. The molecule has 13 heavy (non-hydrogen) atoms. The van der Waals surface area contributed by atoms with Crippen LogP contribution in [0.15, 0.2) is 0 Å². The number of hydrogen-bond donors (Lipinski definition) is 0. The molecular formula is C2H4BO8S2-2. The van der Waals surface area contributed by atoms with Crippen LogP contribution in [-0.2, 0) is 29.2 Å². The normalized spacial score (nSPS) is 12.8. The molecule has 0 aromatic heterocycles. The second kappa shape index (κ2) is 4.88. The molecule has 0 aliphatic heterocycles. The summed E-state index contributed by atoms with van der Waals surface area (Å²) in [5.74, 6) is 0. The SMILES string of the molecule is O=S(=O)([O-])OC[B]COS(=O)(=O)[O-]. The van der Waals surface area contributed by atoms with Gasteiger partial charge in [-0.05, 0) is 0 Å². The Hall–Kier alpha value is -0.195. The van der Waals surface area contributed by atoms with Crippen LogP contribution in [0.3, 0.4) is 0 Å². The molecule has 0 saturated carbocycles. The number of rotatable bonds is 6. The van der Waals surface area contributed by atoms with Crippen molar-refractivity contribution in [2.45, 2.75) is 0 Å². The lowest BCUT2D eigenvalue weighted by Gasteiger charge is -2.08. The second-order valence-corrected chi connectivity index (χ2v) is 3.78. The van der Waals surface area contributed by atoms with E-state index in [1.54, 1.807) is 0 Å². The van der Waals surface area contributed by atoms with E-state index in [4.69, 9.17) is 0 Å². The fourth-order valence-corrected chi connectivity index (χ4v) is 0.837. The van der Waals surface area contributed by atoms with Crippen molar-refractivity contribution in [3.63, 3.8) is 0 Å². The van der Waals surface area contributed by atoms with Crippen molar-refractivity contribution in [1.29, 1.82) is 0 Å². The minimum absolute atomic E-state index is 0.651. The van der Waals surface area contributed by atoms with E-state index in [1.165, 1.54) is 0 Å². The Bertz CT molecular complexity index is 293. The van der Waals surface area contributed by atoms with Gasteiger partial charge in [-0.1, -0.05) is 0 Å². The monoisotopic (exact) mass is 231 g/mol. The highest BCUT2D eigenvalue weighted by Gasteiger charge is 1.99. The molecule has 0 fully saturated rings. The third-order valence-electron chi connectivity index (χ3n) is 0.660. The Morgan fingerprint density at radius 3 is 1.46 bits per heavy atom. The van der Waals surface area contributed by atoms with Gasteiger partial charge < -0.3 is 9.11 Å². The summed E-state index contributed by atoms with van der Waals surface area (Å²) < 4.78 is 65.9. The van der Waals surface area contributed by atoms with Crippen LogP contribution in [0.2, 0.25) is 0 Å². The summed E-state index contributed by atoms with van der Waals surface area (Å²) in [4.78, 5) is 0. The fourth-order valence-electron chi connectivity index (χ4n) is 0.311. The van der Waals surface area contributed by atoms with E-state index >= 15 is 0 Å². The lowest BCUT2D eigenvalue weighted by Crippen LogP contribution is -2.17. The Morgan fingerprint density at radius 2 is 1.23 bits per heavy atom. The van der Waals surface area contributed by atoms with E-state index in [0.29, 0.717) is 0 Å². The zero-order chi connectivity index (χ0) is 10.5. The summed E-state index contributed by atoms with van der Waals surface area (Å²) in [7, 11) is -8.76. The Balaban J connectivity index is 3.50. The van der Waals surface area contributed by atoms with E-state index in [1.807, 2.05) is 0 Å². The van der Waals surface area contributed by atoms with Gasteiger partial charge in [0.25, 0.3) is 0 Å². The van der Waals surface area contributed by atoms with E-state index < -0.39 is 33.8 Å². The largest absolute Gasteiger partial charge is 0.726 e. The average Bonchev–Trinajstić information content (AvgIpc) is 1.81. The van der Waals surface area contributed by atoms with Crippen LogP contribution < -0.4 is 0 Å². The molecule has 0 saturated heterocycles. The van der Waals surface area contributed by atoms with Gasteiger partial charge in [0, 0.05) is 13.0 Å². The lowest BCUT2D eigenvalue weighted by atomic mass is 9.82. The topological polar surface area (TPSA) is 133 Å². The van der Waals surface area contributed by atoms with Gasteiger partial charge in [-0.3, -0.25) is 8.37 Å². The maximum atomic E-state index is 9.77. The minimum Gasteiger partial charge on any atom is -0.726 e. The predicted molar refractivity (Wildman–Crippen MR) is 37.1 cm³/mol. The van der Waals surface area contributed by atoms with Crippen molar-refractivity contribution >= 4 is 28.1 Å². The molecule has 0 amide bonds. The summed E-state index contributed by atoms with van der Waals surface area (Å²) in [5.41, 5.74) is 0. The van der Waals surface area contributed by atoms with E-state index in [-0.39, 0.29) is 0 Å². The van der Waals surface area contributed by atoms with Crippen LogP contribution in [0, 0.1) is 0 Å². The Labute approximate surface area is 76.0 Å². The molecule has 0 heterocycles.